The van der Waals surface area contributed by atoms with Crippen molar-refractivity contribution >= 4 is 34.8 Å². The smallest absolute Gasteiger partial charge is 0.278 e. The molecule has 0 spiro atoms. The molecule has 0 saturated heterocycles. The van der Waals surface area contributed by atoms with Crippen LogP contribution < -0.4 is 10.1 Å². The molecule has 2 aromatic rings. The molecular formula is C24H27N3O3S. The van der Waals surface area contributed by atoms with E-state index in [9.17, 15) is 9.59 Å². The van der Waals surface area contributed by atoms with Gasteiger partial charge in [0.25, 0.3) is 5.91 Å². The van der Waals surface area contributed by atoms with Crippen LogP contribution in [-0.4, -0.2) is 41.3 Å². The Morgan fingerprint density at radius 1 is 1.16 bits per heavy atom. The lowest BCUT2D eigenvalue weighted by molar-refractivity contribution is -0.123. The molecule has 0 unspecified atom stereocenters. The zero-order valence-corrected chi connectivity index (χ0v) is 18.8. The topological polar surface area (TPSA) is 71.0 Å². The van der Waals surface area contributed by atoms with Gasteiger partial charge in [0, 0.05) is 6.54 Å². The summed E-state index contributed by atoms with van der Waals surface area (Å²) < 4.78 is 5.19. The number of benzene rings is 2. The molecular weight excluding hydrogens is 410 g/mol. The van der Waals surface area contributed by atoms with Gasteiger partial charge in [-0.1, -0.05) is 68.1 Å². The maximum atomic E-state index is 13.1. The number of nitrogens with one attached hydrogen (secondary N) is 1. The van der Waals surface area contributed by atoms with Gasteiger partial charge in [-0.3, -0.25) is 14.5 Å². The molecule has 0 bridgehead atoms. The van der Waals surface area contributed by atoms with Crippen molar-refractivity contribution in [2.45, 2.75) is 20.4 Å². The summed E-state index contributed by atoms with van der Waals surface area (Å²) in [4.78, 5) is 31.5. The highest BCUT2D eigenvalue weighted by Crippen LogP contribution is 2.26. The quantitative estimate of drug-likeness (QED) is 0.635. The van der Waals surface area contributed by atoms with Crippen LogP contribution in [0.1, 0.15) is 25.0 Å². The number of hydrogen-bond donors (Lipinski definition) is 1. The first-order valence-corrected chi connectivity index (χ1v) is 11.1. The molecule has 1 aliphatic heterocycles. The lowest BCUT2D eigenvalue weighted by atomic mass is 10.1. The summed E-state index contributed by atoms with van der Waals surface area (Å²) in [6.07, 6.45) is 1.76. The molecule has 0 fully saturated rings. The second kappa shape index (κ2) is 10.8. The van der Waals surface area contributed by atoms with Crippen LogP contribution in [0.4, 0.5) is 0 Å². The molecule has 2 amide bonds. The first-order valence-electron chi connectivity index (χ1n) is 10.2. The van der Waals surface area contributed by atoms with E-state index in [0.717, 1.165) is 16.9 Å². The summed E-state index contributed by atoms with van der Waals surface area (Å²) in [5.74, 6) is 1.09. The Kier molecular flexibility index (Phi) is 7.89. The van der Waals surface area contributed by atoms with E-state index in [-0.39, 0.29) is 17.6 Å². The minimum absolute atomic E-state index is 0.0684. The molecule has 162 valence electrons. The van der Waals surface area contributed by atoms with E-state index in [1.165, 1.54) is 11.8 Å². The van der Waals surface area contributed by atoms with Crippen LogP contribution >= 0.6 is 11.8 Å². The average Bonchev–Trinajstić information content (AvgIpc) is 3.06. The fourth-order valence-corrected chi connectivity index (χ4v) is 3.73. The normalized spacial score (nSPS) is 14.8. The Bertz CT molecular complexity index is 969. The van der Waals surface area contributed by atoms with Crippen molar-refractivity contribution in [3.05, 3.63) is 71.4 Å². The van der Waals surface area contributed by atoms with Gasteiger partial charge in [0.2, 0.25) is 5.91 Å². The standard InChI is InChI=1S/C24H27N3O3S/c1-17(2)14-25-22(28)16-31-24-26-21(13-18-9-11-20(30-3)12-10-18)23(29)27(24)15-19-7-5-4-6-8-19/h4-13,17H,14-16H2,1-3H3,(H,25,28)/b21-13-. The van der Waals surface area contributed by atoms with Crippen molar-refractivity contribution in [2.75, 3.05) is 19.4 Å². The minimum Gasteiger partial charge on any atom is -0.497 e. The number of aliphatic imine (C=N–C) groups is 1. The van der Waals surface area contributed by atoms with E-state index < -0.39 is 0 Å². The van der Waals surface area contributed by atoms with Crippen molar-refractivity contribution in [3.8, 4) is 5.75 Å². The Hall–Kier alpha value is -3.06. The highest BCUT2D eigenvalue weighted by Gasteiger charge is 2.31. The van der Waals surface area contributed by atoms with E-state index in [4.69, 9.17) is 4.74 Å². The summed E-state index contributed by atoms with van der Waals surface area (Å²) in [6, 6.07) is 17.2. The molecule has 0 radical (unpaired) electrons. The van der Waals surface area contributed by atoms with Gasteiger partial charge in [-0.25, -0.2) is 4.99 Å². The predicted molar refractivity (Wildman–Crippen MR) is 126 cm³/mol. The van der Waals surface area contributed by atoms with Crippen LogP contribution in [0.15, 0.2) is 65.3 Å². The molecule has 0 aliphatic carbocycles. The van der Waals surface area contributed by atoms with Gasteiger partial charge in [-0.2, -0.15) is 0 Å². The summed E-state index contributed by atoms with van der Waals surface area (Å²) in [5.41, 5.74) is 2.21. The third kappa shape index (κ3) is 6.46. The van der Waals surface area contributed by atoms with E-state index in [1.807, 2.05) is 68.4 Å². The van der Waals surface area contributed by atoms with Gasteiger partial charge in [-0.15, -0.1) is 0 Å². The SMILES string of the molecule is COc1ccc(/C=C2\N=C(SCC(=O)NCC(C)C)N(Cc3ccccc3)C2=O)cc1. The highest BCUT2D eigenvalue weighted by atomic mass is 32.2. The second-order valence-electron chi connectivity index (χ2n) is 7.56. The molecule has 1 heterocycles. The first kappa shape index (κ1) is 22.6. The molecule has 1 aliphatic rings. The second-order valence-corrected chi connectivity index (χ2v) is 8.50. The van der Waals surface area contributed by atoms with Crippen molar-refractivity contribution in [1.29, 1.82) is 0 Å². The Balaban J connectivity index is 1.78. The molecule has 1 N–H and O–H groups in total. The van der Waals surface area contributed by atoms with Crippen molar-refractivity contribution in [2.24, 2.45) is 10.9 Å². The number of amides is 2. The monoisotopic (exact) mass is 437 g/mol. The lowest BCUT2D eigenvalue weighted by Gasteiger charge is -2.17. The zero-order valence-electron chi connectivity index (χ0n) is 18.0. The average molecular weight is 438 g/mol. The number of methoxy groups -OCH3 is 1. The molecule has 0 saturated carbocycles. The van der Waals surface area contributed by atoms with Gasteiger partial charge in [-0.05, 0) is 35.3 Å². The van der Waals surface area contributed by atoms with Gasteiger partial charge in [0.1, 0.15) is 11.4 Å². The summed E-state index contributed by atoms with van der Waals surface area (Å²) >= 11 is 1.28. The van der Waals surface area contributed by atoms with Gasteiger partial charge in [0.05, 0.1) is 19.4 Å². The van der Waals surface area contributed by atoms with Gasteiger partial charge in [0.15, 0.2) is 5.17 Å². The van der Waals surface area contributed by atoms with Crippen molar-refractivity contribution in [3.63, 3.8) is 0 Å². The molecule has 0 aromatic heterocycles. The molecule has 31 heavy (non-hydrogen) atoms. The minimum atomic E-state index is -0.176. The molecule has 6 nitrogen and oxygen atoms in total. The lowest BCUT2D eigenvalue weighted by Crippen LogP contribution is -2.33. The number of thioether (sulfide) groups is 1. The van der Waals surface area contributed by atoms with Crippen molar-refractivity contribution < 1.29 is 14.3 Å². The Labute approximate surface area is 187 Å². The molecule has 2 aromatic carbocycles. The van der Waals surface area contributed by atoms with E-state index in [1.54, 1.807) is 18.1 Å². The zero-order chi connectivity index (χ0) is 22.2. The van der Waals surface area contributed by atoms with Gasteiger partial charge < -0.3 is 10.1 Å². The first-order chi connectivity index (χ1) is 15.0. The fraction of sp³-hybridized carbons (Fsp3) is 0.292. The summed E-state index contributed by atoms with van der Waals surface area (Å²) in [6.45, 7) is 5.12. The van der Waals surface area contributed by atoms with Crippen LogP contribution in [0, 0.1) is 5.92 Å². The number of hydrogen-bond acceptors (Lipinski definition) is 5. The van der Waals surface area contributed by atoms with Crippen LogP contribution in [0.5, 0.6) is 5.75 Å². The summed E-state index contributed by atoms with van der Waals surface area (Å²) in [7, 11) is 1.61. The number of carbonyl (C=O) groups excluding carboxylic acids is 2. The van der Waals surface area contributed by atoms with Crippen molar-refractivity contribution in [1.82, 2.24) is 10.2 Å². The predicted octanol–water partition coefficient (Wildman–Crippen LogP) is 3.94. The highest BCUT2D eigenvalue weighted by molar-refractivity contribution is 8.14. The Morgan fingerprint density at radius 3 is 2.52 bits per heavy atom. The number of amidine groups is 1. The number of rotatable bonds is 8. The third-order valence-corrected chi connectivity index (χ3v) is 5.53. The number of carbonyl (C=O) groups is 2. The van der Waals surface area contributed by atoms with Crippen LogP contribution in [-0.2, 0) is 16.1 Å². The van der Waals surface area contributed by atoms with E-state index in [2.05, 4.69) is 10.3 Å². The van der Waals surface area contributed by atoms with Gasteiger partial charge >= 0.3 is 0 Å². The van der Waals surface area contributed by atoms with Crippen LogP contribution in [0.3, 0.4) is 0 Å². The number of nitrogens with zero attached hydrogens (tertiary/aromatic N) is 2. The molecule has 0 atom stereocenters. The maximum Gasteiger partial charge on any atom is 0.278 e. The molecule has 3 rings (SSSR count). The van der Waals surface area contributed by atoms with E-state index >= 15 is 0 Å². The largest absolute Gasteiger partial charge is 0.497 e. The maximum absolute atomic E-state index is 13.1. The fourth-order valence-electron chi connectivity index (χ4n) is 2.90. The summed E-state index contributed by atoms with van der Waals surface area (Å²) in [5, 5.41) is 3.43. The van der Waals surface area contributed by atoms with Crippen LogP contribution in [0.2, 0.25) is 0 Å². The third-order valence-electron chi connectivity index (χ3n) is 4.55. The molecule has 7 heteroatoms. The van der Waals surface area contributed by atoms with Crippen LogP contribution in [0.25, 0.3) is 6.08 Å². The Morgan fingerprint density at radius 2 is 1.87 bits per heavy atom. The van der Waals surface area contributed by atoms with E-state index in [0.29, 0.717) is 29.9 Å². The number of ether oxygens (including phenoxy) is 1.